The van der Waals surface area contributed by atoms with Crippen LogP contribution in [0.1, 0.15) is 35.7 Å². The quantitative estimate of drug-likeness (QED) is 0.514. The first-order valence-corrected chi connectivity index (χ1v) is 11.9. The predicted molar refractivity (Wildman–Crippen MR) is 131 cm³/mol. The topological polar surface area (TPSA) is 61.4 Å². The van der Waals surface area contributed by atoms with Gasteiger partial charge in [0, 0.05) is 13.1 Å². The number of carbonyl (C=O) groups is 2. The smallest absolute Gasteiger partial charge is 0.253 e. The fourth-order valence-corrected chi connectivity index (χ4v) is 4.37. The summed E-state index contributed by atoms with van der Waals surface area (Å²) in [6.07, 6.45) is 1.97. The fourth-order valence-electron chi connectivity index (χ4n) is 3.66. The maximum absolute atomic E-state index is 12.5. The van der Waals surface area contributed by atoms with Gasteiger partial charge in [0.05, 0.1) is 25.7 Å². The summed E-state index contributed by atoms with van der Waals surface area (Å²) in [6.45, 7) is 4.94. The van der Waals surface area contributed by atoms with Crippen LogP contribution < -0.4 is 10.6 Å². The van der Waals surface area contributed by atoms with Gasteiger partial charge in [-0.05, 0) is 68.6 Å². The minimum Gasteiger partial charge on any atom is -0.354 e. The first kappa shape index (κ1) is 25.1. The standard InChI is InChI=1S/C23H25Cl4N3O2/c1-14(29-23(32)17-3-2-4-19(25)21(17)27)22(31)28-12-15-7-9-30(10-8-15)13-16-5-6-18(24)20(26)11-16/h2-6,11,14-15H,7-10,12-13H2,1H3,(H,28,31)(H,29,32)/t14-/m0/s1. The normalized spacial score (nSPS) is 15.9. The Labute approximate surface area is 208 Å². The van der Waals surface area contributed by atoms with Crippen LogP contribution in [0.2, 0.25) is 20.1 Å². The molecule has 0 unspecified atom stereocenters. The van der Waals surface area contributed by atoms with Crippen molar-refractivity contribution in [1.82, 2.24) is 15.5 Å². The lowest BCUT2D eigenvalue weighted by atomic mass is 9.96. The molecule has 1 heterocycles. The fraction of sp³-hybridized carbons (Fsp3) is 0.391. The van der Waals surface area contributed by atoms with Crippen molar-refractivity contribution in [2.24, 2.45) is 5.92 Å². The Kier molecular flexibility index (Phi) is 9.09. The van der Waals surface area contributed by atoms with Crippen LogP contribution in [0.4, 0.5) is 0 Å². The highest BCUT2D eigenvalue weighted by atomic mass is 35.5. The molecule has 0 radical (unpaired) electrons. The zero-order valence-corrected chi connectivity index (χ0v) is 20.7. The summed E-state index contributed by atoms with van der Waals surface area (Å²) in [7, 11) is 0. The molecule has 5 nitrogen and oxygen atoms in total. The summed E-state index contributed by atoms with van der Waals surface area (Å²) in [5, 5.41) is 7.22. The Morgan fingerprint density at radius 3 is 2.44 bits per heavy atom. The van der Waals surface area contributed by atoms with Crippen LogP contribution in [-0.4, -0.2) is 42.4 Å². The molecule has 2 N–H and O–H groups in total. The largest absolute Gasteiger partial charge is 0.354 e. The van der Waals surface area contributed by atoms with Crippen LogP contribution >= 0.6 is 46.4 Å². The average Bonchev–Trinajstić information content (AvgIpc) is 2.77. The van der Waals surface area contributed by atoms with E-state index in [2.05, 4.69) is 15.5 Å². The van der Waals surface area contributed by atoms with Gasteiger partial charge in [0.15, 0.2) is 0 Å². The highest BCUT2D eigenvalue weighted by molar-refractivity contribution is 6.44. The summed E-state index contributed by atoms with van der Waals surface area (Å²) in [4.78, 5) is 27.2. The first-order valence-electron chi connectivity index (χ1n) is 10.4. The number of nitrogens with one attached hydrogen (secondary N) is 2. The van der Waals surface area contributed by atoms with Gasteiger partial charge in [0.25, 0.3) is 5.91 Å². The van der Waals surface area contributed by atoms with Gasteiger partial charge in [0.1, 0.15) is 6.04 Å². The van der Waals surface area contributed by atoms with Crippen molar-refractivity contribution < 1.29 is 9.59 Å². The number of nitrogens with zero attached hydrogens (tertiary/aromatic N) is 1. The maximum atomic E-state index is 12.5. The molecule has 0 spiro atoms. The molecule has 2 aromatic carbocycles. The molecule has 0 bridgehead atoms. The van der Waals surface area contributed by atoms with E-state index in [1.54, 1.807) is 25.1 Å². The molecule has 3 rings (SSSR count). The van der Waals surface area contributed by atoms with Gasteiger partial charge in [-0.1, -0.05) is 58.5 Å². The highest BCUT2D eigenvalue weighted by Crippen LogP contribution is 2.26. The Bertz CT molecular complexity index is 978. The molecule has 2 amide bonds. The van der Waals surface area contributed by atoms with E-state index in [4.69, 9.17) is 46.4 Å². The number of hydrogen-bond acceptors (Lipinski definition) is 3. The van der Waals surface area contributed by atoms with Crippen LogP contribution in [0.5, 0.6) is 0 Å². The number of hydrogen-bond donors (Lipinski definition) is 2. The van der Waals surface area contributed by atoms with Crippen molar-refractivity contribution in [1.29, 1.82) is 0 Å². The number of halogens is 4. The van der Waals surface area contributed by atoms with Crippen LogP contribution in [0, 0.1) is 5.92 Å². The number of amides is 2. The molecule has 1 fully saturated rings. The molecule has 1 atom stereocenters. The van der Waals surface area contributed by atoms with Crippen molar-refractivity contribution >= 4 is 58.2 Å². The van der Waals surface area contributed by atoms with E-state index in [1.165, 1.54) is 0 Å². The summed E-state index contributed by atoms with van der Waals surface area (Å²) < 4.78 is 0. The van der Waals surface area contributed by atoms with E-state index in [9.17, 15) is 9.59 Å². The Morgan fingerprint density at radius 2 is 1.75 bits per heavy atom. The van der Waals surface area contributed by atoms with Crippen molar-refractivity contribution in [3.63, 3.8) is 0 Å². The highest BCUT2D eigenvalue weighted by Gasteiger charge is 2.23. The second kappa shape index (κ2) is 11.6. The molecule has 32 heavy (non-hydrogen) atoms. The van der Waals surface area contributed by atoms with Gasteiger partial charge in [0.2, 0.25) is 5.91 Å². The minimum atomic E-state index is -0.688. The van der Waals surface area contributed by atoms with E-state index < -0.39 is 11.9 Å². The number of rotatable bonds is 7. The number of piperidine rings is 1. The molecule has 0 saturated carbocycles. The maximum Gasteiger partial charge on any atom is 0.253 e. The summed E-state index contributed by atoms with van der Waals surface area (Å²) in [6, 6.07) is 9.85. The van der Waals surface area contributed by atoms with Gasteiger partial charge in [-0.25, -0.2) is 0 Å². The van der Waals surface area contributed by atoms with Crippen LogP contribution in [0.15, 0.2) is 36.4 Å². The first-order chi connectivity index (χ1) is 15.2. The molecule has 1 aliphatic heterocycles. The predicted octanol–water partition coefficient (Wildman–Crippen LogP) is 5.45. The Hall–Kier alpha value is -1.50. The number of benzene rings is 2. The summed E-state index contributed by atoms with van der Waals surface area (Å²) >= 11 is 24.1. The van der Waals surface area contributed by atoms with Crippen LogP contribution in [0.3, 0.4) is 0 Å². The van der Waals surface area contributed by atoms with Gasteiger partial charge < -0.3 is 10.6 Å². The van der Waals surface area contributed by atoms with Crippen molar-refractivity contribution in [2.45, 2.75) is 32.4 Å². The van der Waals surface area contributed by atoms with Crippen LogP contribution in [-0.2, 0) is 11.3 Å². The average molecular weight is 517 g/mol. The lowest BCUT2D eigenvalue weighted by molar-refractivity contribution is -0.122. The molecule has 1 aliphatic rings. The van der Waals surface area contributed by atoms with E-state index in [0.29, 0.717) is 27.5 Å². The summed E-state index contributed by atoms with van der Waals surface area (Å²) in [5.41, 5.74) is 1.38. The Balaban J connectivity index is 1.41. The third kappa shape index (κ3) is 6.75. The Morgan fingerprint density at radius 1 is 1.03 bits per heavy atom. The van der Waals surface area contributed by atoms with Crippen molar-refractivity contribution in [2.75, 3.05) is 19.6 Å². The number of likely N-dealkylation sites (tertiary alicyclic amines) is 1. The van der Waals surface area contributed by atoms with Crippen molar-refractivity contribution in [3.05, 3.63) is 67.6 Å². The molecular formula is C23H25Cl4N3O2. The molecule has 2 aromatic rings. The SMILES string of the molecule is C[C@H](NC(=O)c1cccc(Cl)c1Cl)C(=O)NCC1CCN(Cc2ccc(Cl)c(Cl)c2)CC1. The van der Waals surface area contributed by atoms with Gasteiger partial charge in [-0.3, -0.25) is 14.5 Å². The monoisotopic (exact) mass is 515 g/mol. The van der Waals surface area contributed by atoms with Gasteiger partial charge >= 0.3 is 0 Å². The van der Waals surface area contributed by atoms with E-state index in [-0.39, 0.29) is 16.5 Å². The molecule has 9 heteroatoms. The molecule has 0 aliphatic carbocycles. The zero-order valence-electron chi connectivity index (χ0n) is 17.6. The molecule has 0 aromatic heterocycles. The zero-order chi connectivity index (χ0) is 23.3. The molecular weight excluding hydrogens is 492 g/mol. The van der Waals surface area contributed by atoms with Crippen molar-refractivity contribution in [3.8, 4) is 0 Å². The lowest BCUT2D eigenvalue weighted by Crippen LogP contribution is -2.47. The third-order valence-electron chi connectivity index (χ3n) is 5.60. The van der Waals surface area contributed by atoms with Crippen LogP contribution in [0.25, 0.3) is 0 Å². The third-order valence-corrected chi connectivity index (χ3v) is 7.16. The minimum absolute atomic E-state index is 0.173. The summed E-state index contributed by atoms with van der Waals surface area (Å²) in [5.74, 6) is -0.264. The molecule has 1 saturated heterocycles. The second-order valence-corrected chi connectivity index (χ2v) is 9.61. The number of carbonyl (C=O) groups excluding carboxylic acids is 2. The second-order valence-electron chi connectivity index (χ2n) is 8.01. The van der Waals surface area contributed by atoms with E-state index in [0.717, 1.165) is 38.0 Å². The molecule has 172 valence electrons. The van der Waals surface area contributed by atoms with E-state index in [1.807, 2.05) is 18.2 Å². The van der Waals surface area contributed by atoms with Gasteiger partial charge in [-0.2, -0.15) is 0 Å². The lowest BCUT2D eigenvalue weighted by Gasteiger charge is -2.32. The van der Waals surface area contributed by atoms with E-state index >= 15 is 0 Å². The van der Waals surface area contributed by atoms with Gasteiger partial charge in [-0.15, -0.1) is 0 Å².